The molecule has 0 spiro atoms. The van der Waals surface area contributed by atoms with Gasteiger partial charge in [-0.1, -0.05) is 29.3 Å². The minimum atomic E-state index is -1.73. The highest BCUT2D eigenvalue weighted by Crippen LogP contribution is 2.47. The van der Waals surface area contributed by atoms with Crippen LogP contribution in [0, 0.1) is 11.8 Å². The molecule has 0 aromatic heterocycles. The smallest absolute Gasteiger partial charge is 0.261 e. The number of halogens is 1. The van der Waals surface area contributed by atoms with Crippen molar-refractivity contribution in [2.24, 2.45) is 11.8 Å². The van der Waals surface area contributed by atoms with Crippen molar-refractivity contribution in [2.75, 3.05) is 5.32 Å². The maximum absolute atomic E-state index is 12.4. The lowest BCUT2D eigenvalue weighted by Gasteiger charge is -2.36. The summed E-state index contributed by atoms with van der Waals surface area (Å²) in [5.74, 6) is -0.747. The van der Waals surface area contributed by atoms with Crippen molar-refractivity contribution < 1.29 is 14.7 Å². The summed E-state index contributed by atoms with van der Waals surface area (Å²) in [7, 11) is 0. The summed E-state index contributed by atoms with van der Waals surface area (Å²) in [5, 5.41) is 13.8. The van der Waals surface area contributed by atoms with Gasteiger partial charge in [-0.2, -0.15) is 0 Å². The van der Waals surface area contributed by atoms with Crippen LogP contribution in [-0.2, 0) is 15.2 Å². The first-order valence-electron chi connectivity index (χ1n) is 7.33. The number of amides is 1. The highest BCUT2D eigenvalue weighted by Gasteiger charge is 2.54. The first-order valence-corrected chi connectivity index (χ1v) is 8.12. The molecule has 1 aromatic rings. The van der Waals surface area contributed by atoms with Gasteiger partial charge in [-0.05, 0) is 37.0 Å². The summed E-state index contributed by atoms with van der Waals surface area (Å²) in [6.07, 6.45) is 2.84. The Morgan fingerprint density at radius 3 is 2.90 bits per heavy atom. The lowest BCUT2D eigenvalue weighted by atomic mass is 9.69. The standard InChI is InChI=1S/C16H18BrNO3/c1-2-9-3-6-14(19)12(7-9)16(21)11-8-10(17)4-5-13(11)18-15(16)20/h4-5,8-9,12,21H,2-3,6-7H2,1H3,(H,18,20)/t9-,12+,16+/m1/s1. The fraction of sp³-hybridized carbons (Fsp3) is 0.500. The molecule has 0 saturated heterocycles. The van der Waals surface area contributed by atoms with E-state index in [1.54, 1.807) is 12.1 Å². The molecule has 2 aliphatic rings. The second-order valence-corrected chi connectivity index (χ2v) is 6.89. The number of nitrogens with one attached hydrogen (secondary N) is 1. The number of carbonyl (C=O) groups excluding carboxylic acids is 2. The number of hydrogen-bond donors (Lipinski definition) is 2. The lowest BCUT2D eigenvalue weighted by molar-refractivity contribution is -0.152. The second-order valence-electron chi connectivity index (χ2n) is 5.98. The van der Waals surface area contributed by atoms with Crippen molar-refractivity contribution in [2.45, 2.75) is 38.2 Å². The quantitative estimate of drug-likeness (QED) is 0.860. The van der Waals surface area contributed by atoms with Crippen LogP contribution in [0.5, 0.6) is 0 Å². The maximum Gasteiger partial charge on any atom is 0.261 e. The molecule has 1 saturated carbocycles. The fourth-order valence-electron chi connectivity index (χ4n) is 3.50. The van der Waals surface area contributed by atoms with Crippen molar-refractivity contribution in [3.05, 3.63) is 28.2 Å². The number of Topliss-reactive ketones (excluding diaryl/α,β-unsaturated/α-hetero) is 1. The minimum Gasteiger partial charge on any atom is -0.375 e. The van der Waals surface area contributed by atoms with Gasteiger partial charge in [0.25, 0.3) is 5.91 Å². The van der Waals surface area contributed by atoms with Crippen LogP contribution in [0.3, 0.4) is 0 Å². The predicted molar refractivity (Wildman–Crippen MR) is 82.8 cm³/mol. The van der Waals surface area contributed by atoms with E-state index in [2.05, 4.69) is 28.2 Å². The van der Waals surface area contributed by atoms with Crippen molar-refractivity contribution >= 4 is 33.3 Å². The Labute approximate surface area is 132 Å². The van der Waals surface area contributed by atoms with E-state index in [9.17, 15) is 14.7 Å². The second kappa shape index (κ2) is 5.21. The van der Waals surface area contributed by atoms with Gasteiger partial charge in [0.05, 0.1) is 5.92 Å². The number of anilines is 1. The van der Waals surface area contributed by atoms with Gasteiger partial charge in [-0.3, -0.25) is 9.59 Å². The molecule has 2 N–H and O–H groups in total. The molecule has 0 bridgehead atoms. The Hall–Kier alpha value is -1.20. The molecule has 3 rings (SSSR count). The zero-order valence-corrected chi connectivity index (χ0v) is 13.4. The molecule has 4 nitrogen and oxygen atoms in total. The molecule has 1 aliphatic carbocycles. The third-order valence-corrected chi connectivity index (χ3v) is 5.32. The van der Waals surface area contributed by atoms with Crippen LogP contribution >= 0.6 is 15.9 Å². The number of rotatable bonds is 2. The molecule has 1 aliphatic heterocycles. The molecule has 21 heavy (non-hydrogen) atoms. The number of hydrogen-bond acceptors (Lipinski definition) is 3. The van der Waals surface area contributed by atoms with Gasteiger partial charge < -0.3 is 10.4 Å². The van der Waals surface area contributed by atoms with E-state index in [1.807, 2.05) is 6.07 Å². The average molecular weight is 352 g/mol. The molecule has 1 aromatic carbocycles. The molecule has 1 amide bonds. The van der Waals surface area contributed by atoms with Crippen LogP contribution in [0.1, 0.15) is 38.2 Å². The highest BCUT2D eigenvalue weighted by atomic mass is 79.9. The van der Waals surface area contributed by atoms with Crippen LogP contribution in [0.15, 0.2) is 22.7 Å². The molecule has 0 unspecified atom stereocenters. The first kappa shape index (κ1) is 14.7. The zero-order valence-electron chi connectivity index (χ0n) is 11.9. The fourth-order valence-corrected chi connectivity index (χ4v) is 3.87. The van der Waals surface area contributed by atoms with Crippen molar-refractivity contribution in [3.63, 3.8) is 0 Å². The Morgan fingerprint density at radius 2 is 2.19 bits per heavy atom. The topological polar surface area (TPSA) is 66.4 Å². The molecule has 5 heteroatoms. The van der Waals surface area contributed by atoms with E-state index in [0.717, 1.165) is 17.3 Å². The highest BCUT2D eigenvalue weighted by molar-refractivity contribution is 9.10. The number of ketones is 1. The third-order valence-electron chi connectivity index (χ3n) is 4.82. The summed E-state index contributed by atoms with van der Waals surface area (Å²) < 4.78 is 0.784. The van der Waals surface area contributed by atoms with E-state index in [0.29, 0.717) is 30.0 Å². The van der Waals surface area contributed by atoms with Crippen LogP contribution in [-0.4, -0.2) is 16.8 Å². The van der Waals surface area contributed by atoms with Gasteiger partial charge in [0.2, 0.25) is 0 Å². The molecule has 1 fully saturated rings. The molecule has 0 radical (unpaired) electrons. The van der Waals surface area contributed by atoms with Gasteiger partial charge in [0.1, 0.15) is 5.78 Å². The summed E-state index contributed by atoms with van der Waals surface area (Å²) in [6.45, 7) is 2.08. The maximum atomic E-state index is 12.4. The van der Waals surface area contributed by atoms with Gasteiger partial charge >= 0.3 is 0 Å². The summed E-state index contributed by atoms with van der Waals surface area (Å²) >= 11 is 3.37. The van der Waals surface area contributed by atoms with Crippen LogP contribution in [0.2, 0.25) is 0 Å². The zero-order chi connectivity index (χ0) is 15.2. The minimum absolute atomic E-state index is 0.00910. The van der Waals surface area contributed by atoms with Crippen molar-refractivity contribution in [1.29, 1.82) is 0 Å². The Balaban J connectivity index is 2.05. The molecule has 3 atom stereocenters. The molecule has 1 heterocycles. The van der Waals surface area contributed by atoms with Gasteiger partial charge in [0, 0.05) is 22.1 Å². The molecule has 112 valence electrons. The van der Waals surface area contributed by atoms with E-state index in [-0.39, 0.29) is 5.78 Å². The van der Waals surface area contributed by atoms with E-state index >= 15 is 0 Å². The van der Waals surface area contributed by atoms with Crippen molar-refractivity contribution in [3.8, 4) is 0 Å². The number of carbonyl (C=O) groups is 2. The Morgan fingerprint density at radius 1 is 1.43 bits per heavy atom. The van der Waals surface area contributed by atoms with Crippen LogP contribution in [0.25, 0.3) is 0 Å². The van der Waals surface area contributed by atoms with E-state index < -0.39 is 17.4 Å². The predicted octanol–water partition coefficient (Wildman–Crippen LogP) is 2.98. The number of benzene rings is 1. The summed E-state index contributed by atoms with van der Waals surface area (Å²) in [5.41, 5.74) is -0.626. The third kappa shape index (κ3) is 2.23. The average Bonchev–Trinajstić information content (AvgIpc) is 2.72. The van der Waals surface area contributed by atoms with E-state index in [1.165, 1.54) is 0 Å². The van der Waals surface area contributed by atoms with Gasteiger partial charge in [-0.25, -0.2) is 0 Å². The molecular formula is C16H18BrNO3. The van der Waals surface area contributed by atoms with Crippen LogP contribution in [0.4, 0.5) is 5.69 Å². The largest absolute Gasteiger partial charge is 0.375 e. The van der Waals surface area contributed by atoms with E-state index in [4.69, 9.17) is 0 Å². The number of fused-ring (bicyclic) bond motifs is 1. The first-order chi connectivity index (χ1) is 9.96. The monoisotopic (exact) mass is 351 g/mol. The Bertz CT molecular complexity index is 616. The van der Waals surface area contributed by atoms with Gasteiger partial charge in [0.15, 0.2) is 5.60 Å². The van der Waals surface area contributed by atoms with Crippen LogP contribution < -0.4 is 5.32 Å². The van der Waals surface area contributed by atoms with Gasteiger partial charge in [-0.15, -0.1) is 0 Å². The normalized spacial score (nSPS) is 32.0. The number of aliphatic hydroxyl groups is 1. The molecular weight excluding hydrogens is 334 g/mol. The Kier molecular flexibility index (Phi) is 3.66. The summed E-state index contributed by atoms with van der Waals surface area (Å²) in [4.78, 5) is 24.7. The van der Waals surface area contributed by atoms with Crippen molar-refractivity contribution in [1.82, 2.24) is 0 Å². The summed E-state index contributed by atoms with van der Waals surface area (Å²) in [6, 6.07) is 5.29. The lowest BCUT2D eigenvalue weighted by Crippen LogP contribution is -2.47. The SMILES string of the molecule is CC[C@@H]1CCC(=O)[C@@H]([C@]2(O)C(=O)Nc3ccc(Br)cc32)C1.